The molecule has 3 heterocycles. The molecule has 4 rings (SSSR count). The van der Waals surface area contributed by atoms with E-state index in [2.05, 4.69) is 15.7 Å². The number of aryl methyl sites for hydroxylation is 1. The summed E-state index contributed by atoms with van der Waals surface area (Å²) in [6, 6.07) is 9.61. The molecule has 3 aromatic heterocycles. The van der Waals surface area contributed by atoms with E-state index in [-0.39, 0.29) is 23.6 Å². The van der Waals surface area contributed by atoms with Gasteiger partial charge in [0.25, 0.3) is 5.56 Å². The van der Waals surface area contributed by atoms with Crippen molar-refractivity contribution in [2.75, 3.05) is 24.3 Å². The first-order valence-corrected chi connectivity index (χ1v) is 11.5. The zero-order chi connectivity index (χ0) is 24.3. The van der Waals surface area contributed by atoms with Gasteiger partial charge >= 0.3 is 5.69 Å². The second-order valence-corrected chi connectivity index (χ2v) is 8.19. The average Bonchev–Trinajstić information content (AvgIpc) is 3.47. The number of carbonyl (C=O) groups excluding carboxylic acids is 1. The fourth-order valence-corrected chi connectivity index (χ4v) is 4.11. The van der Waals surface area contributed by atoms with E-state index in [9.17, 15) is 14.4 Å². The van der Waals surface area contributed by atoms with Crippen LogP contribution < -0.4 is 21.5 Å². The van der Waals surface area contributed by atoms with Crippen LogP contribution in [0.1, 0.15) is 13.8 Å². The number of imidazole rings is 1. The van der Waals surface area contributed by atoms with Gasteiger partial charge in [-0.2, -0.15) is 16.3 Å². The largest absolute Gasteiger partial charge is 0.348 e. The number of carbonyl (C=O) groups is 1. The molecule has 1 amide bonds. The van der Waals surface area contributed by atoms with Crippen molar-refractivity contribution >= 4 is 40.0 Å². The Morgan fingerprint density at radius 3 is 2.27 bits per heavy atom. The Morgan fingerprint density at radius 1 is 1.03 bits per heavy atom. The summed E-state index contributed by atoms with van der Waals surface area (Å²) in [5, 5.41) is 6.94. The highest BCUT2D eigenvalue weighted by atomic mass is 32.1. The molecule has 1 N–H and O–H groups in total. The topological polar surface area (TPSA) is 94.2 Å². The van der Waals surface area contributed by atoms with Gasteiger partial charge in [-0.15, -0.1) is 0 Å². The number of nitrogens with one attached hydrogen (secondary N) is 1. The molecule has 4 aromatic rings. The lowest BCUT2D eigenvalue weighted by atomic mass is 10.1. The van der Waals surface area contributed by atoms with Crippen LogP contribution in [-0.2, 0) is 25.4 Å². The summed E-state index contributed by atoms with van der Waals surface area (Å²) in [6.45, 7) is 3.88. The zero-order valence-corrected chi connectivity index (χ0v) is 20.4. The quantitative estimate of drug-likeness (QED) is 0.486. The summed E-state index contributed by atoms with van der Waals surface area (Å²) >= 11 is 1.63. The molecule has 0 bridgehead atoms. The number of nitrogens with zero attached hydrogens (tertiary/aromatic N) is 5. The SMILES string of the molecule is CC.CN(C)c1nc2c(c(=O)n(C)c(=O)n2C)n1CC(=O)Nc1ccc(-c2ccsc2)cc1. The Balaban J connectivity index is 0.00000149. The van der Waals surface area contributed by atoms with Gasteiger partial charge in [-0.05, 0) is 40.1 Å². The minimum absolute atomic E-state index is 0.121. The highest BCUT2D eigenvalue weighted by Gasteiger charge is 2.21. The minimum Gasteiger partial charge on any atom is -0.348 e. The van der Waals surface area contributed by atoms with E-state index in [1.54, 1.807) is 37.4 Å². The summed E-state index contributed by atoms with van der Waals surface area (Å²) in [4.78, 5) is 44.0. The summed E-state index contributed by atoms with van der Waals surface area (Å²) in [6.07, 6.45) is 0. The van der Waals surface area contributed by atoms with E-state index in [0.29, 0.717) is 11.6 Å². The summed E-state index contributed by atoms with van der Waals surface area (Å²) < 4.78 is 3.86. The smallest absolute Gasteiger partial charge is 0.332 e. The van der Waals surface area contributed by atoms with Crippen LogP contribution >= 0.6 is 11.3 Å². The van der Waals surface area contributed by atoms with Crippen LogP contribution in [-0.4, -0.2) is 38.7 Å². The van der Waals surface area contributed by atoms with Crippen molar-refractivity contribution in [3.8, 4) is 11.1 Å². The second kappa shape index (κ2) is 9.86. The van der Waals surface area contributed by atoms with Crippen LogP contribution in [0.15, 0.2) is 50.7 Å². The molecule has 0 aliphatic rings. The third kappa shape index (κ3) is 4.61. The first kappa shape index (κ1) is 24.0. The predicted molar refractivity (Wildman–Crippen MR) is 134 cm³/mol. The van der Waals surface area contributed by atoms with Crippen molar-refractivity contribution in [2.45, 2.75) is 20.4 Å². The summed E-state index contributed by atoms with van der Waals surface area (Å²) in [7, 11) is 6.49. The van der Waals surface area contributed by atoms with Crippen molar-refractivity contribution in [3.05, 3.63) is 61.9 Å². The lowest BCUT2D eigenvalue weighted by Crippen LogP contribution is -2.38. The number of fused-ring (bicyclic) bond motifs is 1. The zero-order valence-electron chi connectivity index (χ0n) is 19.6. The molecule has 174 valence electrons. The monoisotopic (exact) mass is 468 g/mol. The van der Waals surface area contributed by atoms with Crippen molar-refractivity contribution in [1.82, 2.24) is 18.7 Å². The van der Waals surface area contributed by atoms with Crippen molar-refractivity contribution < 1.29 is 4.79 Å². The third-order valence-corrected chi connectivity index (χ3v) is 5.74. The molecule has 0 unspecified atom stereocenters. The van der Waals surface area contributed by atoms with Gasteiger partial charge < -0.3 is 10.2 Å². The Kier molecular flexibility index (Phi) is 7.17. The van der Waals surface area contributed by atoms with Gasteiger partial charge in [-0.3, -0.25) is 23.3 Å². The third-order valence-electron chi connectivity index (χ3n) is 5.05. The van der Waals surface area contributed by atoms with Gasteiger partial charge in [0.15, 0.2) is 11.2 Å². The normalized spacial score (nSPS) is 10.6. The van der Waals surface area contributed by atoms with Crippen molar-refractivity contribution in [2.24, 2.45) is 14.1 Å². The van der Waals surface area contributed by atoms with E-state index in [1.807, 2.05) is 49.6 Å². The minimum atomic E-state index is -0.494. The molecule has 0 radical (unpaired) electrons. The van der Waals surface area contributed by atoms with Gasteiger partial charge in [0.05, 0.1) is 0 Å². The number of hydrogen-bond donors (Lipinski definition) is 1. The number of benzene rings is 1. The van der Waals surface area contributed by atoms with Crippen LogP contribution in [0, 0.1) is 0 Å². The van der Waals surface area contributed by atoms with Crippen LogP contribution in [0.25, 0.3) is 22.3 Å². The maximum Gasteiger partial charge on any atom is 0.332 e. The predicted octanol–water partition coefficient (Wildman–Crippen LogP) is 2.89. The van der Waals surface area contributed by atoms with E-state index < -0.39 is 11.2 Å². The highest BCUT2D eigenvalue weighted by Crippen LogP contribution is 2.24. The fraction of sp³-hybridized carbons (Fsp3) is 0.304. The van der Waals surface area contributed by atoms with E-state index in [4.69, 9.17) is 0 Å². The standard InChI is InChI=1S/C21H22N6O3S.C2H6/c1-24(2)20-23-18-17(19(29)26(4)21(30)25(18)3)27(20)11-16(28)22-15-7-5-13(6-8-15)14-9-10-31-12-14;1-2/h5-10,12H,11H2,1-4H3,(H,22,28);1-2H3. The van der Waals surface area contributed by atoms with Crippen LogP contribution in [0.3, 0.4) is 0 Å². The van der Waals surface area contributed by atoms with Crippen LogP contribution in [0.4, 0.5) is 11.6 Å². The lowest BCUT2D eigenvalue weighted by Gasteiger charge is -2.14. The molecule has 10 heteroatoms. The maximum atomic E-state index is 12.8. The number of anilines is 2. The number of hydrogen-bond acceptors (Lipinski definition) is 6. The maximum absolute atomic E-state index is 12.8. The molecule has 0 saturated heterocycles. The molecule has 33 heavy (non-hydrogen) atoms. The molecular weight excluding hydrogens is 440 g/mol. The van der Waals surface area contributed by atoms with Crippen LogP contribution in [0.5, 0.6) is 0 Å². The fourth-order valence-electron chi connectivity index (χ4n) is 3.45. The van der Waals surface area contributed by atoms with E-state index in [0.717, 1.165) is 15.7 Å². The van der Waals surface area contributed by atoms with Gasteiger partial charge in [0.2, 0.25) is 11.9 Å². The Hall–Kier alpha value is -3.66. The Morgan fingerprint density at radius 2 is 1.70 bits per heavy atom. The number of thiophene rings is 1. The van der Waals surface area contributed by atoms with Gasteiger partial charge in [0.1, 0.15) is 6.54 Å². The van der Waals surface area contributed by atoms with Crippen LogP contribution in [0.2, 0.25) is 0 Å². The molecule has 0 aliphatic carbocycles. The molecule has 0 spiro atoms. The van der Waals surface area contributed by atoms with E-state index in [1.165, 1.54) is 16.2 Å². The Bertz CT molecular complexity index is 1380. The first-order chi connectivity index (χ1) is 15.8. The number of rotatable bonds is 5. The molecule has 9 nitrogen and oxygen atoms in total. The lowest BCUT2D eigenvalue weighted by molar-refractivity contribution is -0.116. The number of amides is 1. The molecular formula is C23H28N6O3S. The molecule has 0 aliphatic heterocycles. The average molecular weight is 469 g/mol. The van der Waals surface area contributed by atoms with Crippen molar-refractivity contribution in [1.29, 1.82) is 0 Å². The second-order valence-electron chi connectivity index (χ2n) is 7.41. The molecule has 1 aromatic carbocycles. The van der Waals surface area contributed by atoms with Gasteiger partial charge in [-0.1, -0.05) is 26.0 Å². The first-order valence-electron chi connectivity index (χ1n) is 10.5. The number of aromatic nitrogens is 4. The molecule has 0 fully saturated rings. The van der Waals surface area contributed by atoms with Gasteiger partial charge in [-0.25, -0.2) is 4.79 Å². The molecule has 0 atom stereocenters. The summed E-state index contributed by atoms with van der Waals surface area (Å²) in [5.41, 5.74) is 2.33. The highest BCUT2D eigenvalue weighted by molar-refractivity contribution is 7.08. The summed E-state index contributed by atoms with van der Waals surface area (Å²) in [5.74, 6) is 0.109. The van der Waals surface area contributed by atoms with Crippen molar-refractivity contribution in [3.63, 3.8) is 0 Å². The Labute approximate surface area is 195 Å². The molecule has 0 saturated carbocycles. The van der Waals surface area contributed by atoms with E-state index >= 15 is 0 Å². The van der Waals surface area contributed by atoms with Gasteiger partial charge in [0, 0.05) is 33.9 Å².